The second kappa shape index (κ2) is 3.66. The van der Waals surface area contributed by atoms with Gasteiger partial charge in [-0.25, -0.2) is 0 Å². The van der Waals surface area contributed by atoms with Gasteiger partial charge in [-0.2, -0.15) is 5.10 Å². The van der Waals surface area contributed by atoms with E-state index in [1.54, 1.807) is 17.9 Å². The van der Waals surface area contributed by atoms with Crippen LogP contribution in [0, 0.1) is 0 Å². The molecule has 1 saturated carbocycles. The van der Waals surface area contributed by atoms with Gasteiger partial charge >= 0.3 is 0 Å². The van der Waals surface area contributed by atoms with Crippen molar-refractivity contribution < 1.29 is 9.90 Å². The molecule has 0 unspecified atom stereocenters. The number of amides is 1. The van der Waals surface area contributed by atoms with Gasteiger partial charge in [0.25, 0.3) is 5.91 Å². The largest absolute Gasteiger partial charge is 0.388 e. The summed E-state index contributed by atoms with van der Waals surface area (Å²) in [6, 6.07) is 0. The third kappa shape index (κ3) is 2.18. The minimum absolute atomic E-state index is 0.177. The van der Waals surface area contributed by atoms with Crippen molar-refractivity contribution in [2.24, 2.45) is 7.05 Å². The predicted octanol–water partition coefficient (Wildman–Crippen LogP) is 0.0649. The number of aryl methyl sites for hydroxylation is 1. The summed E-state index contributed by atoms with van der Waals surface area (Å²) in [5.74, 6) is -0.177. The maximum atomic E-state index is 11.6. The van der Waals surface area contributed by atoms with Gasteiger partial charge in [-0.15, -0.1) is 0 Å². The average molecular weight is 209 g/mol. The quantitative estimate of drug-likeness (QED) is 0.740. The second-order valence-corrected chi connectivity index (χ2v) is 4.16. The lowest BCUT2D eigenvalue weighted by molar-refractivity contribution is -0.0300. The van der Waals surface area contributed by atoms with E-state index < -0.39 is 5.60 Å². The van der Waals surface area contributed by atoms with Crippen molar-refractivity contribution in [3.63, 3.8) is 0 Å². The van der Waals surface area contributed by atoms with Crippen molar-refractivity contribution >= 4 is 5.91 Å². The van der Waals surface area contributed by atoms with Gasteiger partial charge in [0.15, 0.2) is 0 Å². The first-order valence-electron chi connectivity index (χ1n) is 5.08. The molecule has 5 heteroatoms. The van der Waals surface area contributed by atoms with Crippen molar-refractivity contribution in [3.8, 4) is 0 Å². The predicted molar refractivity (Wildman–Crippen MR) is 54.3 cm³/mol. The topological polar surface area (TPSA) is 67.2 Å². The van der Waals surface area contributed by atoms with E-state index in [0.717, 1.165) is 19.3 Å². The van der Waals surface area contributed by atoms with Crippen LogP contribution in [0.1, 0.15) is 29.6 Å². The highest BCUT2D eigenvalue weighted by atomic mass is 16.3. The van der Waals surface area contributed by atoms with Gasteiger partial charge in [0.2, 0.25) is 0 Å². The first-order chi connectivity index (χ1) is 7.09. The highest BCUT2D eigenvalue weighted by Crippen LogP contribution is 2.30. The molecule has 1 aromatic rings. The van der Waals surface area contributed by atoms with Crippen LogP contribution in [0.3, 0.4) is 0 Å². The molecule has 0 radical (unpaired) electrons. The number of nitrogens with zero attached hydrogens (tertiary/aromatic N) is 2. The number of hydrogen-bond acceptors (Lipinski definition) is 3. The summed E-state index contributed by atoms with van der Waals surface area (Å²) in [5.41, 5.74) is -0.141. The molecule has 2 N–H and O–H groups in total. The fourth-order valence-corrected chi connectivity index (χ4v) is 1.65. The van der Waals surface area contributed by atoms with Gasteiger partial charge in [0, 0.05) is 19.8 Å². The van der Waals surface area contributed by atoms with E-state index in [1.807, 2.05) is 0 Å². The summed E-state index contributed by atoms with van der Waals surface area (Å²) < 4.78 is 1.58. The van der Waals surface area contributed by atoms with E-state index in [9.17, 15) is 9.90 Å². The Morgan fingerprint density at radius 2 is 2.47 bits per heavy atom. The van der Waals surface area contributed by atoms with Crippen LogP contribution < -0.4 is 5.32 Å². The number of nitrogens with one attached hydrogen (secondary N) is 1. The Morgan fingerprint density at radius 1 is 1.73 bits per heavy atom. The molecule has 0 saturated heterocycles. The highest BCUT2D eigenvalue weighted by Gasteiger charge is 2.34. The molecule has 1 aromatic heterocycles. The number of aliphatic hydroxyl groups is 1. The van der Waals surface area contributed by atoms with Crippen molar-refractivity contribution in [1.29, 1.82) is 0 Å². The molecule has 1 aliphatic carbocycles. The molecule has 1 amide bonds. The summed E-state index contributed by atoms with van der Waals surface area (Å²) in [7, 11) is 1.76. The van der Waals surface area contributed by atoms with Crippen LogP contribution in [0.4, 0.5) is 0 Å². The first-order valence-corrected chi connectivity index (χ1v) is 5.08. The molecule has 0 aromatic carbocycles. The lowest BCUT2D eigenvalue weighted by Crippen LogP contribution is -2.47. The van der Waals surface area contributed by atoms with E-state index in [-0.39, 0.29) is 5.91 Å². The van der Waals surface area contributed by atoms with Gasteiger partial charge in [-0.05, 0) is 19.3 Å². The molecule has 0 bridgehead atoms. The summed E-state index contributed by atoms with van der Waals surface area (Å²) in [6.07, 6.45) is 5.76. The van der Waals surface area contributed by atoms with Crippen molar-refractivity contribution in [3.05, 3.63) is 18.0 Å². The van der Waals surface area contributed by atoms with Gasteiger partial charge < -0.3 is 10.4 Å². The molecule has 82 valence electrons. The molecule has 15 heavy (non-hydrogen) atoms. The van der Waals surface area contributed by atoms with E-state index in [1.165, 1.54) is 6.20 Å². The van der Waals surface area contributed by atoms with Gasteiger partial charge in [0.05, 0.1) is 17.4 Å². The number of hydrogen-bond donors (Lipinski definition) is 2. The summed E-state index contributed by atoms with van der Waals surface area (Å²) in [5, 5.41) is 16.4. The Morgan fingerprint density at radius 3 is 2.93 bits per heavy atom. The van der Waals surface area contributed by atoms with E-state index in [2.05, 4.69) is 10.4 Å². The zero-order valence-electron chi connectivity index (χ0n) is 8.73. The Kier molecular flexibility index (Phi) is 2.48. The lowest BCUT2D eigenvalue weighted by Gasteiger charge is -2.36. The zero-order chi connectivity index (χ0) is 10.9. The number of rotatable bonds is 3. The fourth-order valence-electron chi connectivity index (χ4n) is 1.65. The second-order valence-electron chi connectivity index (χ2n) is 4.16. The summed E-state index contributed by atoms with van der Waals surface area (Å²) >= 11 is 0. The Hall–Kier alpha value is -1.36. The zero-order valence-corrected chi connectivity index (χ0v) is 8.73. The van der Waals surface area contributed by atoms with Gasteiger partial charge in [-0.1, -0.05) is 0 Å². The van der Waals surface area contributed by atoms with Crippen LogP contribution in [0.25, 0.3) is 0 Å². The molecular formula is C10H15N3O2. The Balaban J connectivity index is 1.87. The monoisotopic (exact) mass is 209 g/mol. The Labute approximate surface area is 88.1 Å². The third-order valence-electron chi connectivity index (χ3n) is 2.83. The molecule has 0 aliphatic heterocycles. The molecular weight excluding hydrogens is 194 g/mol. The van der Waals surface area contributed by atoms with E-state index >= 15 is 0 Å². The molecule has 1 heterocycles. The molecule has 0 atom stereocenters. The molecule has 1 aliphatic rings. The van der Waals surface area contributed by atoms with Crippen LogP contribution >= 0.6 is 0 Å². The highest BCUT2D eigenvalue weighted by molar-refractivity contribution is 5.93. The number of carbonyl (C=O) groups excluding carboxylic acids is 1. The molecule has 2 rings (SSSR count). The maximum Gasteiger partial charge on any atom is 0.254 e. The van der Waals surface area contributed by atoms with E-state index in [0.29, 0.717) is 12.1 Å². The van der Waals surface area contributed by atoms with Crippen LogP contribution in [0.15, 0.2) is 12.4 Å². The van der Waals surface area contributed by atoms with E-state index in [4.69, 9.17) is 0 Å². The summed E-state index contributed by atoms with van der Waals surface area (Å²) in [4.78, 5) is 11.6. The smallest absolute Gasteiger partial charge is 0.254 e. The van der Waals surface area contributed by atoms with Crippen molar-refractivity contribution in [2.45, 2.75) is 24.9 Å². The average Bonchev–Trinajstić information content (AvgIpc) is 2.58. The lowest BCUT2D eigenvalue weighted by atomic mass is 9.80. The van der Waals surface area contributed by atoms with Crippen LogP contribution in [-0.4, -0.2) is 32.9 Å². The number of carbonyl (C=O) groups is 1. The van der Waals surface area contributed by atoms with Crippen LogP contribution in [-0.2, 0) is 7.05 Å². The normalized spacial score (nSPS) is 18.3. The minimum atomic E-state index is -0.669. The third-order valence-corrected chi connectivity index (χ3v) is 2.83. The standard InChI is InChI=1S/C10H15N3O2/c1-13-6-8(5-12-13)9(14)11-7-10(15)3-2-4-10/h5-6,15H,2-4,7H2,1H3,(H,11,14). The SMILES string of the molecule is Cn1cc(C(=O)NCC2(O)CCC2)cn1. The van der Waals surface area contributed by atoms with Crippen LogP contribution in [0.5, 0.6) is 0 Å². The summed E-state index contributed by atoms with van der Waals surface area (Å²) in [6.45, 7) is 0.334. The van der Waals surface area contributed by atoms with Crippen molar-refractivity contribution in [1.82, 2.24) is 15.1 Å². The molecule has 0 spiro atoms. The van der Waals surface area contributed by atoms with Crippen molar-refractivity contribution in [2.75, 3.05) is 6.54 Å². The van der Waals surface area contributed by atoms with Gasteiger partial charge in [-0.3, -0.25) is 9.48 Å². The number of aromatic nitrogens is 2. The van der Waals surface area contributed by atoms with Crippen LogP contribution in [0.2, 0.25) is 0 Å². The van der Waals surface area contributed by atoms with Gasteiger partial charge in [0.1, 0.15) is 0 Å². The Bertz CT molecular complexity index is 368. The maximum absolute atomic E-state index is 11.6. The minimum Gasteiger partial charge on any atom is -0.388 e. The molecule has 5 nitrogen and oxygen atoms in total. The fraction of sp³-hybridized carbons (Fsp3) is 0.600. The molecule has 1 fully saturated rings. The first kappa shape index (κ1) is 10.2.